The van der Waals surface area contributed by atoms with Gasteiger partial charge in [-0.15, -0.1) is 0 Å². The first kappa shape index (κ1) is 21.0. The van der Waals surface area contributed by atoms with Crippen LogP contribution < -0.4 is 15.2 Å². The Morgan fingerprint density at radius 3 is 2.36 bits per heavy atom. The van der Waals surface area contributed by atoms with Crippen LogP contribution in [0.25, 0.3) is 0 Å². The Morgan fingerprint density at radius 1 is 1.18 bits per heavy atom. The zero-order chi connectivity index (χ0) is 20.4. The molecule has 1 amide bonds. The lowest BCUT2D eigenvalue weighted by Crippen LogP contribution is -2.48. The van der Waals surface area contributed by atoms with E-state index in [0.717, 1.165) is 0 Å². The van der Waals surface area contributed by atoms with Gasteiger partial charge < -0.3 is 10.5 Å². The van der Waals surface area contributed by atoms with E-state index in [0.29, 0.717) is 38.1 Å². The average molecular weight is 432 g/mol. The molecule has 9 nitrogen and oxygen atoms in total. The number of ether oxygens (including phenoxy) is 1. The van der Waals surface area contributed by atoms with Crippen LogP contribution in [0, 0.1) is 0 Å². The zero-order valence-corrected chi connectivity index (χ0v) is 17.0. The summed E-state index contributed by atoms with van der Waals surface area (Å²) >= 11 is 0. The van der Waals surface area contributed by atoms with E-state index in [1.807, 2.05) is 0 Å². The molecule has 2 aliphatic heterocycles. The van der Waals surface area contributed by atoms with Crippen molar-refractivity contribution in [2.24, 2.45) is 5.73 Å². The summed E-state index contributed by atoms with van der Waals surface area (Å²) < 4.78 is 56.3. The molecule has 0 bridgehead atoms. The number of sulfonamides is 1. The number of hydrogen-bond donors (Lipinski definition) is 2. The van der Waals surface area contributed by atoms with E-state index in [2.05, 4.69) is 9.62 Å². The number of primary amides is 1. The van der Waals surface area contributed by atoms with Crippen molar-refractivity contribution in [1.82, 2.24) is 9.62 Å². The summed E-state index contributed by atoms with van der Waals surface area (Å²) in [6.07, 6.45) is 1.92. The molecule has 0 spiro atoms. The van der Waals surface area contributed by atoms with Gasteiger partial charge in [0.1, 0.15) is 5.75 Å². The van der Waals surface area contributed by atoms with Crippen LogP contribution >= 0.6 is 0 Å². The van der Waals surface area contributed by atoms with Gasteiger partial charge >= 0.3 is 0 Å². The minimum Gasteiger partial charge on any atom is -0.484 e. The number of nitrogens with zero attached hydrogens (tertiary/aromatic N) is 1. The van der Waals surface area contributed by atoms with E-state index in [9.17, 15) is 21.6 Å². The maximum absolute atomic E-state index is 12.6. The summed E-state index contributed by atoms with van der Waals surface area (Å²) in [6, 6.07) is 5.64. The highest BCUT2D eigenvalue weighted by atomic mass is 32.2. The van der Waals surface area contributed by atoms with Crippen molar-refractivity contribution < 1.29 is 26.4 Å². The lowest BCUT2D eigenvalue weighted by atomic mass is 10.0. The Bertz CT molecular complexity index is 907. The summed E-state index contributed by atoms with van der Waals surface area (Å²) in [5.41, 5.74) is 5.00. The van der Waals surface area contributed by atoms with E-state index in [1.54, 1.807) is 0 Å². The molecule has 1 atom stereocenters. The van der Waals surface area contributed by atoms with Gasteiger partial charge in [-0.05, 0) is 56.6 Å². The monoisotopic (exact) mass is 431 g/mol. The predicted molar refractivity (Wildman–Crippen MR) is 103 cm³/mol. The molecule has 0 unspecified atom stereocenters. The molecule has 2 heterocycles. The minimum atomic E-state index is -3.67. The molecule has 1 aromatic carbocycles. The Balaban J connectivity index is 1.53. The summed E-state index contributed by atoms with van der Waals surface area (Å²) in [6.45, 7) is 1.08. The second-order valence-electron chi connectivity index (χ2n) is 7.21. The fourth-order valence-corrected chi connectivity index (χ4v) is 6.67. The van der Waals surface area contributed by atoms with Crippen molar-refractivity contribution in [2.45, 2.75) is 36.2 Å². The number of amides is 1. The molecule has 0 aliphatic carbocycles. The first-order valence-electron chi connectivity index (χ1n) is 9.13. The van der Waals surface area contributed by atoms with Gasteiger partial charge in [0.15, 0.2) is 16.4 Å². The van der Waals surface area contributed by atoms with Crippen LogP contribution in [0.2, 0.25) is 0 Å². The van der Waals surface area contributed by atoms with Crippen LogP contribution in [-0.4, -0.2) is 70.9 Å². The average Bonchev–Trinajstić information content (AvgIpc) is 3.00. The SMILES string of the molecule is NC(=O)COc1ccc(S(=O)(=O)NC2CCN([C@H]3CCS(=O)(=O)C3)CC2)cc1. The number of carbonyl (C=O) groups excluding carboxylic acids is 1. The third-order valence-electron chi connectivity index (χ3n) is 5.09. The number of nitrogens with two attached hydrogens (primary N) is 1. The van der Waals surface area contributed by atoms with Gasteiger partial charge in [0.2, 0.25) is 10.0 Å². The predicted octanol–water partition coefficient (Wildman–Crippen LogP) is -0.519. The van der Waals surface area contributed by atoms with Gasteiger partial charge in [-0.1, -0.05) is 0 Å². The fourth-order valence-electron chi connectivity index (χ4n) is 3.60. The van der Waals surface area contributed by atoms with Gasteiger partial charge in [-0.25, -0.2) is 21.6 Å². The van der Waals surface area contributed by atoms with Crippen LogP contribution in [0.5, 0.6) is 5.75 Å². The van der Waals surface area contributed by atoms with Crippen molar-refractivity contribution in [3.63, 3.8) is 0 Å². The molecule has 1 aromatic rings. The van der Waals surface area contributed by atoms with E-state index in [-0.39, 0.29) is 35.1 Å². The van der Waals surface area contributed by atoms with Crippen molar-refractivity contribution in [1.29, 1.82) is 0 Å². The molecule has 28 heavy (non-hydrogen) atoms. The van der Waals surface area contributed by atoms with E-state index in [1.165, 1.54) is 24.3 Å². The zero-order valence-electron chi connectivity index (χ0n) is 15.4. The van der Waals surface area contributed by atoms with Gasteiger partial charge in [0.05, 0.1) is 16.4 Å². The molecular formula is C17H25N3O6S2. The molecular weight excluding hydrogens is 406 g/mol. The maximum atomic E-state index is 12.6. The van der Waals surface area contributed by atoms with Crippen LogP contribution in [0.15, 0.2) is 29.2 Å². The van der Waals surface area contributed by atoms with Crippen molar-refractivity contribution in [3.8, 4) is 5.75 Å². The molecule has 2 aliphatic rings. The van der Waals surface area contributed by atoms with E-state index < -0.39 is 25.8 Å². The first-order chi connectivity index (χ1) is 13.1. The summed E-state index contributed by atoms with van der Waals surface area (Å²) in [4.78, 5) is 13.0. The number of carbonyl (C=O) groups is 1. The van der Waals surface area contributed by atoms with Crippen molar-refractivity contribution >= 4 is 25.8 Å². The Labute approximate surface area is 165 Å². The normalized spacial score (nSPS) is 23.5. The number of rotatable bonds is 7. The highest BCUT2D eigenvalue weighted by Crippen LogP contribution is 2.23. The molecule has 0 radical (unpaired) electrons. The minimum absolute atomic E-state index is 0.0514. The van der Waals surface area contributed by atoms with Crippen molar-refractivity contribution in [2.75, 3.05) is 31.2 Å². The Hall–Kier alpha value is -1.69. The lowest BCUT2D eigenvalue weighted by molar-refractivity contribution is -0.119. The summed E-state index contributed by atoms with van der Waals surface area (Å²) in [7, 11) is -6.60. The third-order valence-corrected chi connectivity index (χ3v) is 8.38. The molecule has 3 N–H and O–H groups in total. The maximum Gasteiger partial charge on any atom is 0.255 e. The smallest absolute Gasteiger partial charge is 0.255 e. The standard InChI is InChI=1S/C17H25N3O6S2/c18-17(21)11-26-15-1-3-16(4-2-15)28(24,25)19-13-5-8-20(9-6-13)14-7-10-27(22,23)12-14/h1-4,13-14,19H,5-12H2,(H2,18,21)/t14-/m0/s1. The first-order valence-corrected chi connectivity index (χ1v) is 12.4. The molecule has 2 saturated heterocycles. The Kier molecular flexibility index (Phi) is 6.28. The van der Waals surface area contributed by atoms with Crippen LogP contribution in [0.1, 0.15) is 19.3 Å². The third kappa shape index (κ3) is 5.43. The van der Waals surface area contributed by atoms with Crippen LogP contribution in [0.4, 0.5) is 0 Å². The fraction of sp³-hybridized carbons (Fsp3) is 0.588. The topological polar surface area (TPSA) is 136 Å². The molecule has 156 valence electrons. The number of piperidine rings is 1. The van der Waals surface area contributed by atoms with Gasteiger partial charge in [0, 0.05) is 12.1 Å². The van der Waals surface area contributed by atoms with E-state index >= 15 is 0 Å². The number of benzene rings is 1. The molecule has 11 heteroatoms. The van der Waals surface area contributed by atoms with Gasteiger partial charge in [-0.2, -0.15) is 0 Å². The molecule has 0 aromatic heterocycles. The van der Waals surface area contributed by atoms with Gasteiger partial charge in [-0.3, -0.25) is 9.69 Å². The molecule has 2 fully saturated rings. The number of nitrogens with one attached hydrogen (secondary N) is 1. The van der Waals surface area contributed by atoms with Gasteiger partial charge in [0.25, 0.3) is 5.91 Å². The quantitative estimate of drug-likeness (QED) is 0.593. The highest BCUT2D eigenvalue weighted by Gasteiger charge is 2.34. The van der Waals surface area contributed by atoms with Crippen molar-refractivity contribution in [3.05, 3.63) is 24.3 Å². The molecule has 0 saturated carbocycles. The molecule has 3 rings (SSSR count). The largest absolute Gasteiger partial charge is 0.484 e. The Morgan fingerprint density at radius 2 is 1.82 bits per heavy atom. The second-order valence-corrected chi connectivity index (χ2v) is 11.2. The second kappa shape index (κ2) is 8.36. The van der Waals surface area contributed by atoms with E-state index in [4.69, 9.17) is 10.5 Å². The number of likely N-dealkylation sites (tertiary alicyclic amines) is 1. The lowest BCUT2D eigenvalue weighted by Gasteiger charge is -2.35. The van der Waals surface area contributed by atoms with Crippen LogP contribution in [0.3, 0.4) is 0 Å². The highest BCUT2D eigenvalue weighted by molar-refractivity contribution is 7.91. The number of sulfone groups is 1. The summed E-state index contributed by atoms with van der Waals surface area (Å²) in [5, 5.41) is 0. The van der Waals surface area contributed by atoms with Crippen LogP contribution in [-0.2, 0) is 24.7 Å². The summed E-state index contributed by atoms with van der Waals surface area (Å²) in [5.74, 6) is 0.189. The number of hydrogen-bond acceptors (Lipinski definition) is 7.